The molecule has 3 aliphatic rings. The van der Waals surface area contributed by atoms with Gasteiger partial charge in [0.15, 0.2) is 0 Å². The molecule has 0 spiro atoms. The highest BCUT2D eigenvalue weighted by Crippen LogP contribution is 2.50. The molecule has 33 heavy (non-hydrogen) atoms. The number of hydrogen-bond donors (Lipinski definition) is 0. The zero-order valence-corrected chi connectivity index (χ0v) is 19.8. The number of methoxy groups -OCH3 is 1. The van der Waals surface area contributed by atoms with Crippen LogP contribution in [0.1, 0.15) is 48.8 Å². The van der Waals surface area contributed by atoms with Gasteiger partial charge in [0.2, 0.25) is 5.91 Å². The molecule has 0 atom stereocenters. The van der Waals surface area contributed by atoms with Gasteiger partial charge in [0.1, 0.15) is 5.75 Å². The number of fused-ring (bicyclic) bond motifs is 1. The summed E-state index contributed by atoms with van der Waals surface area (Å²) in [6.45, 7) is 5.52. The predicted octanol–water partition coefficient (Wildman–Crippen LogP) is 4.18. The van der Waals surface area contributed by atoms with Crippen molar-refractivity contribution in [1.82, 2.24) is 9.80 Å². The molecule has 0 bridgehead atoms. The highest BCUT2D eigenvalue weighted by Gasteiger charge is 2.53. The van der Waals surface area contributed by atoms with Crippen molar-refractivity contribution in [3.05, 3.63) is 65.2 Å². The van der Waals surface area contributed by atoms with Crippen LogP contribution in [0.3, 0.4) is 0 Å². The Morgan fingerprint density at radius 2 is 1.82 bits per heavy atom. The third-order valence-electron chi connectivity index (χ3n) is 7.78. The maximum Gasteiger partial charge on any atom is 0.233 e. The maximum atomic E-state index is 14.0. The van der Waals surface area contributed by atoms with Gasteiger partial charge in [-0.1, -0.05) is 36.4 Å². The highest BCUT2D eigenvalue weighted by molar-refractivity contribution is 5.91. The minimum atomic E-state index is -0.339. The normalized spacial score (nSPS) is 20.2. The predicted molar refractivity (Wildman–Crippen MR) is 130 cm³/mol. The third kappa shape index (κ3) is 4.80. The molecule has 1 amide bonds. The van der Waals surface area contributed by atoms with Crippen LogP contribution in [0.15, 0.2) is 48.5 Å². The van der Waals surface area contributed by atoms with Gasteiger partial charge < -0.3 is 14.4 Å². The zero-order valence-electron chi connectivity index (χ0n) is 19.8. The van der Waals surface area contributed by atoms with E-state index < -0.39 is 0 Å². The van der Waals surface area contributed by atoms with E-state index in [2.05, 4.69) is 46.2 Å². The standard InChI is InChI=1S/C28H36N2O3/c1-32-26-9-7-24(8-10-26)28(14-15-28)27(31)30(25-12-19-33-20-13-25)17-4-16-29-18-11-22-5-2-3-6-23(22)21-29/h2-3,5-10,25H,4,11-21H2,1H3. The van der Waals surface area contributed by atoms with E-state index in [9.17, 15) is 4.79 Å². The van der Waals surface area contributed by atoms with Crippen LogP contribution < -0.4 is 4.74 Å². The van der Waals surface area contributed by atoms with Gasteiger partial charge in [0.05, 0.1) is 12.5 Å². The number of amides is 1. The molecule has 0 N–H and O–H groups in total. The third-order valence-corrected chi connectivity index (χ3v) is 7.78. The van der Waals surface area contributed by atoms with Crippen LogP contribution in [0, 0.1) is 0 Å². The van der Waals surface area contributed by atoms with E-state index in [1.807, 2.05) is 12.1 Å². The topological polar surface area (TPSA) is 42.0 Å². The van der Waals surface area contributed by atoms with E-state index >= 15 is 0 Å². The van der Waals surface area contributed by atoms with Gasteiger partial charge in [-0.05, 0) is 67.3 Å². The summed E-state index contributed by atoms with van der Waals surface area (Å²) in [6, 6.07) is 17.2. The fourth-order valence-electron chi connectivity index (χ4n) is 5.59. The Kier molecular flexibility index (Phi) is 6.70. The van der Waals surface area contributed by atoms with Crippen molar-refractivity contribution < 1.29 is 14.3 Å². The molecule has 0 radical (unpaired) electrons. The van der Waals surface area contributed by atoms with Crippen molar-refractivity contribution in [3.63, 3.8) is 0 Å². The van der Waals surface area contributed by atoms with Crippen molar-refractivity contribution in [3.8, 4) is 5.75 Å². The second-order valence-electron chi connectivity index (χ2n) is 9.80. The summed E-state index contributed by atoms with van der Waals surface area (Å²) < 4.78 is 10.9. The van der Waals surface area contributed by atoms with Crippen LogP contribution in [0.2, 0.25) is 0 Å². The summed E-state index contributed by atoms with van der Waals surface area (Å²) in [5.74, 6) is 1.16. The van der Waals surface area contributed by atoms with Gasteiger partial charge in [0.25, 0.3) is 0 Å². The second kappa shape index (κ2) is 9.86. The van der Waals surface area contributed by atoms with E-state index in [1.165, 1.54) is 11.1 Å². The Labute approximate surface area is 197 Å². The van der Waals surface area contributed by atoms with Crippen LogP contribution in [-0.2, 0) is 27.9 Å². The first kappa shape index (κ1) is 22.4. The molecule has 1 aliphatic carbocycles. The molecule has 5 nitrogen and oxygen atoms in total. The minimum Gasteiger partial charge on any atom is -0.497 e. The molecule has 2 aromatic rings. The quantitative estimate of drug-likeness (QED) is 0.608. The average Bonchev–Trinajstić information content (AvgIpc) is 3.69. The summed E-state index contributed by atoms with van der Waals surface area (Å²) in [5, 5.41) is 0. The second-order valence-corrected chi connectivity index (χ2v) is 9.80. The molecule has 2 aliphatic heterocycles. The van der Waals surface area contributed by atoms with E-state index in [-0.39, 0.29) is 5.41 Å². The average molecular weight is 449 g/mol. The Balaban J connectivity index is 1.25. The monoisotopic (exact) mass is 448 g/mol. The van der Waals surface area contributed by atoms with E-state index in [4.69, 9.17) is 9.47 Å². The number of carbonyl (C=O) groups is 1. The van der Waals surface area contributed by atoms with Gasteiger partial charge in [-0.15, -0.1) is 0 Å². The molecule has 5 heteroatoms. The number of nitrogens with zero attached hydrogens (tertiary/aromatic N) is 2. The largest absolute Gasteiger partial charge is 0.497 e. The van der Waals surface area contributed by atoms with Gasteiger partial charge in [0, 0.05) is 45.4 Å². The van der Waals surface area contributed by atoms with Crippen LogP contribution in [0.4, 0.5) is 0 Å². The first-order valence-electron chi connectivity index (χ1n) is 12.5. The molecule has 1 saturated carbocycles. The van der Waals surface area contributed by atoms with Crippen molar-refractivity contribution in [2.75, 3.05) is 40.0 Å². The van der Waals surface area contributed by atoms with Crippen LogP contribution in [-0.4, -0.2) is 61.7 Å². The molecule has 2 heterocycles. The molecule has 5 rings (SSSR count). The van der Waals surface area contributed by atoms with Crippen LogP contribution in [0.5, 0.6) is 5.75 Å². The minimum absolute atomic E-state index is 0.295. The Morgan fingerprint density at radius 1 is 1.09 bits per heavy atom. The smallest absolute Gasteiger partial charge is 0.233 e. The molecular weight excluding hydrogens is 412 g/mol. The SMILES string of the molecule is COc1ccc(C2(C(=O)N(CCCN3CCc4ccccc4C3)C3CCOCC3)CC2)cc1. The van der Waals surface area contributed by atoms with Crippen molar-refractivity contribution >= 4 is 5.91 Å². The lowest BCUT2D eigenvalue weighted by Gasteiger charge is -2.37. The van der Waals surface area contributed by atoms with Gasteiger partial charge in [-0.2, -0.15) is 0 Å². The lowest BCUT2D eigenvalue weighted by molar-refractivity contribution is -0.138. The van der Waals surface area contributed by atoms with Crippen molar-refractivity contribution in [2.45, 2.75) is 56.5 Å². The molecule has 2 aromatic carbocycles. The summed E-state index contributed by atoms with van der Waals surface area (Å²) in [4.78, 5) is 18.7. The zero-order chi connectivity index (χ0) is 22.7. The summed E-state index contributed by atoms with van der Waals surface area (Å²) in [7, 11) is 1.68. The van der Waals surface area contributed by atoms with E-state index in [0.29, 0.717) is 11.9 Å². The fraction of sp³-hybridized carbons (Fsp3) is 0.536. The highest BCUT2D eigenvalue weighted by atomic mass is 16.5. The van der Waals surface area contributed by atoms with E-state index in [1.54, 1.807) is 7.11 Å². The Hall–Kier alpha value is -2.37. The summed E-state index contributed by atoms with van der Waals surface area (Å²) >= 11 is 0. The molecule has 0 aromatic heterocycles. The van der Waals surface area contributed by atoms with E-state index in [0.717, 1.165) is 89.2 Å². The number of ether oxygens (including phenoxy) is 2. The molecule has 176 valence electrons. The lowest BCUT2D eigenvalue weighted by Crippen LogP contribution is -2.49. The summed E-state index contributed by atoms with van der Waals surface area (Å²) in [6.07, 6.45) is 5.92. The van der Waals surface area contributed by atoms with Crippen molar-refractivity contribution in [2.24, 2.45) is 0 Å². The first-order chi connectivity index (χ1) is 16.2. The number of rotatable bonds is 8. The summed E-state index contributed by atoms with van der Waals surface area (Å²) in [5.41, 5.74) is 3.74. The fourth-order valence-corrected chi connectivity index (χ4v) is 5.59. The van der Waals surface area contributed by atoms with Crippen LogP contribution >= 0.6 is 0 Å². The van der Waals surface area contributed by atoms with Crippen molar-refractivity contribution in [1.29, 1.82) is 0 Å². The maximum absolute atomic E-state index is 14.0. The van der Waals surface area contributed by atoms with Gasteiger partial charge in [-0.25, -0.2) is 0 Å². The lowest BCUT2D eigenvalue weighted by atomic mass is 9.92. The number of benzene rings is 2. The number of carbonyl (C=O) groups excluding carboxylic acids is 1. The van der Waals surface area contributed by atoms with Gasteiger partial charge >= 0.3 is 0 Å². The molecule has 1 saturated heterocycles. The van der Waals surface area contributed by atoms with Crippen LogP contribution in [0.25, 0.3) is 0 Å². The molecular formula is C28H36N2O3. The molecule has 0 unspecified atom stereocenters. The Bertz CT molecular complexity index is 948. The number of hydrogen-bond acceptors (Lipinski definition) is 4. The first-order valence-corrected chi connectivity index (χ1v) is 12.5. The molecule has 2 fully saturated rings. The Morgan fingerprint density at radius 3 is 2.52 bits per heavy atom. The van der Waals surface area contributed by atoms with Gasteiger partial charge in [-0.3, -0.25) is 9.69 Å².